The van der Waals surface area contributed by atoms with Crippen LogP contribution in [0.3, 0.4) is 0 Å². The van der Waals surface area contributed by atoms with Crippen LogP contribution < -0.4 is 4.74 Å². The fourth-order valence-electron chi connectivity index (χ4n) is 3.83. The van der Waals surface area contributed by atoms with Gasteiger partial charge in [0.2, 0.25) is 0 Å². The Morgan fingerprint density at radius 3 is 2.42 bits per heavy atom. The summed E-state index contributed by atoms with van der Waals surface area (Å²) in [6.45, 7) is 11.1. The standard InChI is InChI=1S/C27H27ClN2O/c1-17-13-21(27(3,4)5)22(28)14-20(17)24-15-25(31-16-19-9-7-6-8-10-19)26-18(2)29-12-11-23(26)30-24/h6-15H,16H2,1-5H3. The van der Waals surface area contributed by atoms with E-state index in [0.29, 0.717) is 6.61 Å². The normalized spacial score (nSPS) is 11.7. The second-order valence-corrected chi connectivity index (χ2v) is 9.37. The molecule has 3 nitrogen and oxygen atoms in total. The van der Waals surface area contributed by atoms with E-state index in [4.69, 9.17) is 21.3 Å². The first-order valence-corrected chi connectivity index (χ1v) is 10.9. The van der Waals surface area contributed by atoms with Gasteiger partial charge in [-0.2, -0.15) is 0 Å². The lowest BCUT2D eigenvalue weighted by atomic mass is 9.85. The van der Waals surface area contributed by atoms with Crippen LogP contribution in [0.15, 0.2) is 60.8 Å². The third kappa shape index (κ3) is 4.42. The van der Waals surface area contributed by atoms with Gasteiger partial charge in [-0.05, 0) is 48.1 Å². The van der Waals surface area contributed by atoms with Gasteiger partial charge >= 0.3 is 0 Å². The van der Waals surface area contributed by atoms with Crippen LogP contribution in [0, 0.1) is 13.8 Å². The van der Waals surface area contributed by atoms with Crippen molar-refractivity contribution in [3.63, 3.8) is 0 Å². The molecule has 0 saturated heterocycles. The van der Waals surface area contributed by atoms with Crippen molar-refractivity contribution in [2.45, 2.75) is 46.6 Å². The van der Waals surface area contributed by atoms with Gasteiger partial charge in [0.15, 0.2) is 0 Å². The summed E-state index contributed by atoms with van der Waals surface area (Å²) in [6.07, 6.45) is 1.79. The molecule has 0 atom stereocenters. The number of aromatic nitrogens is 2. The molecule has 2 aromatic carbocycles. The number of ether oxygens (including phenoxy) is 1. The van der Waals surface area contributed by atoms with E-state index in [2.05, 4.69) is 50.9 Å². The number of halogens is 1. The van der Waals surface area contributed by atoms with Crippen LogP contribution in [0.25, 0.3) is 22.2 Å². The molecule has 4 aromatic rings. The molecule has 0 spiro atoms. The minimum atomic E-state index is -0.0239. The largest absolute Gasteiger partial charge is 0.488 e. The molecular weight excluding hydrogens is 404 g/mol. The second kappa shape index (κ2) is 8.32. The molecule has 0 aliphatic rings. The Hall–Kier alpha value is -2.91. The molecule has 4 rings (SSSR count). The molecule has 2 aromatic heterocycles. The summed E-state index contributed by atoms with van der Waals surface area (Å²) in [6, 6.07) is 18.3. The number of aryl methyl sites for hydroxylation is 2. The number of hydrogen-bond acceptors (Lipinski definition) is 3. The molecule has 0 saturated carbocycles. The van der Waals surface area contributed by atoms with E-state index >= 15 is 0 Å². The van der Waals surface area contributed by atoms with E-state index in [9.17, 15) is 0 Å². The summed E-state index contributed by atoms with van der Waals surface area (Å²) in [7, 11) is 0. The predicted octanol–water partition coefficient (Wildman–Crippen LogP) is 7.44. The van der Waals surface area contributed by atoms with E-state index in [0.717, 1.165) is 55.3 Å². The summed E-state index contributed by atoms with van der Waals surface area (Å²) in [5.74, 6) is 0.782. The van der Waals surface area contributed by atoms with E-state index in [1.165, 1.54) is 0 Å². The highest BCUT2D eigenvalue weighted by molar-refractivity contribution is 6.31. The number of nitrogens with zero attached hydrogens (tertiary/aromatic N) is 2. The lowest BCUT2D eigenvalue weighted by Gasteiger charge is -2.22. The van der Waals surface area contributed by atoms with Crippen LogP contribution in [-0.2, 0) is 12.0 Å². The van der Waals surface area contributed by atoms with Gasteiger partial charge in [-0.1, -0.05) is 68.8 Å². The Balaban J connectivity index is 1.83. The first kappa shape index (κ1) is 21.3. The molecule has 158 valence electrons. The van der Waals surface area contributed by atoms with Gasteiger partial charge in [0.1, 0.15) is 12.4 Å². The van der Waals surface area contributed by atoms with Crippen molar-refractivity contribution >= 4 is 22.5 Å². The summed E-state index contributed by atoms with van der Waals surface area (Å²) in [5.41, 5.74) is 6.99. The van der Waals surface area contributed by atoms with Crippen molar-refractivity contribution in [2.75, 3.05) is 0 Å². The summed E-state index contributed by atoms with van der Waals surface area (Å²) in [4.78, 5) is 9.39. The maximum Gasteiger partial charge on any atom is 0.133 e. The van der Waals surface area contributed by atoms with Crippen LogP contribution in [0.2, 0.25) is 5.02 Å². The molecule has 0 radical (unpaired) electrons. The monoisotopic (exact) mass is 430 g/mol. The minimum Gasteiger partial charge on any atom is -0.488 e. The van der Waals surface area contributed by atoms with Crippen molar-refractivity contribution in [1.82, 2.24) is 9.97 Å². The SMILES string of the molecule is Cc1cc(C(C)(C)C)c(Cl)cc1-c1cc(OCc2ccccc2)c2c(C)nccc2n1. The minimum absolute atomic E-state index is 0.0239. The molecule has 4 heteroatoms. The van der Waals surface area contributed by atoms with Gasteiger partial charge in [0.25, 0.3) is 0 Å². The molecule has 31 heavy (non-hydrogen) atoms. The molecule has 2 heterocycles. The lowest BCUT2D eigenvalue weighted by Crippen LogP contribution is -2.12. The van der Waals surface area contributed by atoms with Crippen molar-refractivity contribution < 1.29 is 4.74 Å². The van der Waals surface area contributed by atoms with Crippen LogP contribution >= 0.6 is 11.6 Å². The van der Waals surface area contributed by atoms with E-state index in [1.807, 2.05) is 43.3 Å². The zero-order valence-electron chi connectivity index (χ0n) is 18.7. The third-order valence-corrected chi connectivity index (χ3v) is 5.82. The maximum absolute atomic E-state index is 6.69. The Morgan fingerprint density at radius 1 is 0.968 bits per heavy atom. The Kier molecular flexibility index (Phi) is 5.72. The van der Waals surface area contributed by atoms with Crippen molar-refractivity contribution in [3.05, 3.63) is 88.2 Å². The Morgan fingerprint density at radius 2 is 1.71 bits per heavy atom. The Labute approximate surface area is 189 Å². The van der Waals surface area contributed by atoms with Crippen LogP contribution in [0.1, 0.15) is 43.2 Å². The first-order valence-electron chi connectivity index (χ1n) is 10.5. The lowest BCUT2D eigenvalue weighted by molar-refractivity contribution is 0.310. The fourth-order valence-corrected chi connectivity index (χ4v) is 4.28. The van der Waals surface area contributed by atoms with Crippen LogP contribution in [0.5, 0.6) is 5.75 Å². The molecule has 0 aliphatic carbocycles. The first-order chi connectivity index (χ1) is 14.7. The smallest absolute Gasteiger partial charge is 0.133 e. The van der Waals surface area contributed by atoms with Crippen LogP contribution in [-0.4, -0.2) is 9.97 Å². The topological polar surface area (TPSA) is 35.0 Å². The van der Waals surface area contributed by atoms with E-state index in [-0.39, 0.29) is 5.41 Å². The zero-order chi connectivity index (χ0) is 22.2. The molecule has 0 bridgehead atoms. The highest BCUT2D eigenvalue weighted by atomic mass is 35.5. The molecule has 0 aliphatic heterocycles. The van der Waals surface area contributed by atoms with Gasteiger partial charge in [-0.25, -0.2) is 4.98 Å². The third-order valence-electron chi connectivity index (χ3n) is 5.51. The van der Waals surface area contributed by atoms with Crippen molar-refractivity contribution in [1.29, 1.82) is 0 Å². The van der Waals surface area contributed by atoms with Gasteiger partial charge < -0.3 is 4.74 Å². The average molecular weight is 431 g/mol. The summed E-state index contributed by atoms with van der Waals surface area (Å²) < 4.78 is 6.28. The molecular formula is C27H27ClN2O. The highest BCUT2D eigenvalue weighted by Gasteiger charge is 2.20. The average Bonchev–Trinajstić information content (AvgIpc) is 2.73. The van der Waals surface area contributed by atoms with Gasteiger partial charge in [-0.3, -0.25) is 4.98 Å². The summed E-state index contributed by atoms with van der Waals surface area (Å²) in [5, 5.41) is 1.70. The van der Waals surface area contributed by atoms with Gasteiger partial charge in [0, 0.05) is 22.8 Å². The number of hydrogen-bond donors (Lipinski definition) is 0. The Bertz CT molecular complexity index is 1240. The number of rotatable bonds is 4. The molecule has 0 amide bonds. The highest BCUT2D eigenvalue weighted by Crippen LogP contribution is 2.37. The fraction of sp³-hybridized carbons (Fsp3) is 0.259. The molecule has 0 N–H and O–H groups in total. The van der Waals surface area contributed by atoms with Crippen molar-refractivity contribution in [3.8, 4) is 17.0 Å². The van der Waals surface area contributed by atoms with E-state index in [1.54, 1.807) is 6.20 Å². The second-order valence-electron chi connectivity index (χ2n) is 8.97. The van der Waals surface area contributed by atoms with E-state index < -0.39 is 0 Å². The van der Waals surface area contributed by atoms with Crippen molar-refractivity contribution in [2.24, 2.45) is 0 Å². The zero-order valence-corrected chi connectivity index (χ0v) is 19.4. The molecule has 0 fully saturated rings. The number of pyridine rings is 2. The van der Waals surface area contributed by atoms with Crippen LogP contribution in [0.4, 0.5) is 0 Å². The quantitative estimate of drug-likeness (QED) is 0.337. The maximum atomic E-state index is 6.69. The number of benzene rings is 2. The predicted molar refractivity (Wildman–Crippen MR) is 129 cm³/mol. The summed E-state index contributed by atoms with van der Waals surface area (Å²) >= 11 is 6.69. The molecule has 0 unspecified atom stereocenters. The van der Waals surface area contributed by atoms with Gasteiger partial charge in [0.05, 0.1) is 22.3 Å². The number of fused-ring (bicyclic) bond motifs is 1. The van der Waals surface area contributed by atoms with Gasteiger partial charge in [-0.15, -0.1) is 0 Å².